The van der Waals surface area contributed by atoms with Crippen molar-refractivity contribution in [2.75, 3.05) is 65.4 Å². The van der Waals surface area contributed by atoms with Crippen molar-refractivity contribution in [3.63, 3.8) is 0 Å². The lowest BCUT2D eigenvalue weighted by Gasteiger charge is -2.29. The van der Waals surface area contributed by atoms with Gasteiger partial charge in [-0.2, -0.15) is 0 Å². The molecule has 0 aromatic heterocycles. The second-order valence-electron chi connectivity index (χ2n) is 9.68. The summed E-state index contributed by atoms with van der Waals surface area (Å²) in [6.07, 6.45) is 0.619. The lowest BCUT2D eigenvalue weighted by Crippen LogP contribution is -2.52. The van der Waals surface area contributed by atoms with E-state index in [0.717, 1.165) is 10.5 Å². The first-order valence-electron chi connectivity index (χ1n) is 14.1. The van der Waals surface area contributed by atoms with E-state index in [4.69, 9.17) is 28.7 Å². The van der Waals surface area contributed by atoms with Crippen LogP contribution in [0.1, 0.15) is 24.8 Å². The molecule has 0 radical (unpaired) electrons. The number of carbonyl (C=O) groups is 5. The summed E-state index contributed by atoms with van der Waals surface area (Å²) in [5.74, 6) is -1.92. The SMILES string of the molecule is NCCN(CCN)C(=O)CN(CC(=O)N(CCN)CCN)C(=O)CCC(N)C(=O)NC(CCc1ccccc1)NC=O. The quantitative estimate of drug-likeness (QED) is 0.0511. The molecule has 15 heteroatoms. The van der Waals surface area contributed by atoms with Gasteiger partial charge in [0.2, 0.25) is 30.0 Å². The van der Waals surface area contributed by atoms with Crippen molar-refractivity contribution in [1.82, 2.24) is 25.3 Å². The number of rotatable bonds is 22. The average molecular weight is 593 g/mol. The third-order valence-corrected chi connectivity index (χ3v) is 6.46. The molecule has 0 aliphatic heterocycles. The molecule has 2 atom stereocenters. The molecule has 15 nitrogen and oxygen atoms in total. The maximum absolute atomic E-state index is 13.2. The van der Waals surface area contributed by atoms with Crippen LogP contribution in [0, 0.1) is 0 Å². The van der Waals surface area contributed by atoms with Crippen molar-refractivity contribution < 1.29 is 24.0 Å². The zero-order valence-corrected chi connectivity index (χ0v) is 24.3. The molecule has 0 bridgehead atoms. The molecule has 2 unspecified atom stereocenters. The van der Waals surface area contributed by atoms with Crippen molar-refractivity contribution in [2.45, 2.75) is 37.9 Å². The zero-order chi connectivity index (χ0) is 31.3. The first kappa shape index (κ1) is 36.4. The normalized spacial score (nSPS) is 12.1. The maximum Gasteiger partial charge on any atom is 0.242 e. The van der Waals surface area contributed by atoms with E-state index in [1.807, 2.05) is 30.3 Å². The minimum Gasteiger partial charge on any atom is -0.339 e. The number of hydrogen-bond acceptors (Lipinski definition) is 10. The zero-order valence-electron chi connectivity index (χ0n) is 24.3. The molecule has 1 aromatic rings. The molecule has 0 fully saturated rings. The van der Waals surface area contributed by atoms with E-state index >= 15 is 0 Å². The standard InChI is InChI=1S/C27H48N10O5/c28-10-14-35(15-11-29)25(40)18-37(19-26(41)36(16-12-30)17-13-31)24(39)9-7-22(32)27(42)34-23(33-20-38)8-6-21-4-2-1-3-5-21/h1-5,20,22-23H,6-19,28-32H2,(H,33,38)(H,34,42). The van der Waals surface area contributed by atoms with Gasteiger partial charge in [0.25, 0.3) is 0 Å². The summed E-state index contributed by atoms with van der Waals surface area (Å²) in [5, 5.41) is 5.26. The molecule has 0 spiro atoms. The molecule has 1 rings (SSSR count). The molecule has 0 aliphatic rings. The van der Waals surface area contributed by atoms with Gasteiger partial charge in [0.05, 0.1) is 6.04 Å². The van der Waals surface area contributed by atoms with Crippen LogP contribution in [-0.4, -0.2) is 122 Å². The summed E-state index contributed by atoms with van der Waals surface area (Å²) in [4.78, 5) is 67.0. The Hall–Kier alpha value is -3.63. The van der Waals surface area contributed by atoms with Crippen molar-refractivity contribution in [1.29, 1.82) is 0 Å². The number of benzene rings is 1. The Morgan fingerprint density at radius 1 is 0.738 bits per heavy atom. The van der Waals surface area contributed by atoms with E-state index in [-0.39, 0.29) is 78.3 Å². The van der Waals surface area contributed by atoms with Gasteiger partial charge in [-0.05, 0) is 24.8 Å². The highest BCUT2D eigenvalue weighted by Gasteiger charge is 2.26. The molecule has 42 heavy (non-hydrogen) atoms. The first-order valence-corrected chi connectivity index (χ1v) is 14.1. The van der Waals surface area contributed by atoms with Crippen LogP contribution in [0.2, 0.25) is 0 Å². The van der Waals surface area contributed by atoms with Gasteiger partial charge in [0.15, 0.2) is 0 Å². The molecule has 1 aromatic carbocycles. The minimum atomic E-state index is -1.08. The van der Waals surface area contributed by atoms with Crippen molar-refractivity contribution in [3.8, 4) is 0 Å². The van der Waals surface area contributed by atoms with Crippen molar-refractivity contribution >= 4 is 30.0 Å². The van der Waals surface area contributed by atoms with Crippen LogP contribution in [0.4, 0.5) is 0 Å². The third kappa shape index (κ3) is 13.8. The van der Waals surface area contributed by atoms with Crippen LogP contribution in [0.15, 0.2) is 30.3 Å². The van der Waals surface area contributed by atoms with Crippen LogP contribution in [0.25, 0.3) is 0 Å². The Bertz CT molecular complexity index is 926. The van der Waals surface area contributed by atoms with E-state index in [0.29, 0.717) is 19.3 Å². The molecular formula is C27H48N10O5. The predicted octanol–water partition coefficient (Wildman–Crippen LogP) is -3.76. The van der Waals surface area contributed by atoms with Gasteiger partial charge in [0.1, 0.15) is 19.3 Å². The number of hydrogen-bond donors (Lipinski definition) is 7. The first-order chi connectivity index (χ1) is 20.2. The molecule has 0 saturated carbocycles. The van der Waals surface area contributed by atoms with Crippen molar-refractivity contribution in [2.24, 2.45) is 28.7 Å². The molecular weight excluding hydrogens is 544 g/mol. The molecule has 5 amide bonds. The Labute approximate surface area is 247 Å². The summed E-state index contributed by atoms with van der Waals surface area (Å²) >= 11 is 0. The Morgan fingerprint density at radius 3 is 1.69 bits per heavy atom. The van der Waals surface area contributed by atoms with E-state index in [1.54, 1.807) is 0 Å². The van der Waals surface area contributed by atoms with E-state index in [1.165, 1.54) is 9.80 Å². The van der Waals surface area contributed by atoms with E-state index in [2.05, 4.69) is 10.6 Å². The van der Waals surface area contributed by atoms with Gasteiger partial charge in [-0.25, -0.2) is 0 Å². The Balaban J connectivity index is 2.88. The molecule has 0 saturated heterocycles. The van der Waals surface area contributed by atoms with Crippen molar-refractivity contribution in [3.05, 3.63) is 35.9 Å². The van der Waals surface area contributed by atoms with Crippen LogP contribution in [-0.2, 0) is 30.4 Å². The van der Waals surface area contributed by atoms with Gasteiger partial charge in [-0.1, -0.05) is 30.3 Å². The van der Waals surface area contributed by atoms with Gasteiger partial charge in [-0.3, -0.25) is 24.0 Å². The van der Waals surface area contributed by atoms with E-state index in [9.17, 15) is 24.0 Å². The largest absolute Gasteiger partial charge is 0.339 e. The highest BCUT2D eigenvalue weighted by Crippen LogP contribution is 2.07. The predicted molar refractivity (Wildman–Crippen MR) is 159 cm³/mol. The lowest BCUT2D eigenvalue weighted by atomic mass is 10.1. The number of aryl methyl sites for hydroxylation is 1. The van der Waals surface area contributed by atoms with Crippen LogP contribution in [0.3, 0.4) is 0 Å². The second kappa shape index (κ2) is 21.1. The Kier molecular flexibility index (Phi) is 18.3. The number of carbonyl (C=O) groups excluding carboxylic acids is 5. The molecule has 0 heterocycles. The molecule has 0 aliphatic carbocycles. The summed E-state index contributed by atoms with van der Waals surface area (Å²) in [5.41, 5.74) is 29.6. The number of nitrogens with one attached hydrogen (secondary N) is 2. The third-order valence-electron chi connectivity index (χ3n) is 6.46. The van der Waals surface area contributed by atoms with Gasteiger partial charge in [-0.15, -0.1) is 0 Å². The summed E-state index contributed by atoms with van der Waals surface area (Å²) < 4.78 is 0. The van der Waals surface area contributed by atoms with Crippen LogP contribution in [0.5, 0.6) is 0 Å². The molecule has 236 valence electrons. The number of amides is 5. The van der Waals surface area contributed by atoms with Gasteiger partial charge in [0, 0.05) is 58.8 Å². The van der Waals surface area contributed by atoms with Crippen LogP contribution >= 0.6 is 0 Å². The Morgan fingerprint density at radius 2 is 1.24 bits per heavy atom. The monoisotopic (exact) mass is 592 g/mol. The van der Waals surface area contributed by atoms with Gasteiger partial charge >= 0.3 is 0 Å². The highest BCUT2D eigenvalue weighted by atomic mass is 16.2. The summed E-state index contributed by atoms with van der Waals surface area (Å²) in [6, 6.07) is 8.49. The number of nitrogens with zero attached hydrogens (tertiary/aromatic N) is 3. The molecule has 12 N–H and O–H groups in total. The smallest absolute Gasteiger partial charge is 0.242 e. The van der Waals surface area contributed by atoms with E-state index < -0.39 is 35.8 Å². The second-order valence-corrected chi connectivity index (χ2v) is 9.68. The lowest BCUT2D eigenvalue weighted by molar-refractivity contribution is -0.145. The maximum atomic E-state index is 13.2. The fraction of sp³-hybridized carbons (Fsp3) is 0.593. The minimum absolute atomic E-state index is 0.0549. The summed E-state index contributed by atoms with van der Waals surface area (Å²) in [7, 11) is 0. The number of nitrogens with two attached hydrogens (primary N) is 5. The fourth-order valence-electron chi connectivity index (χ4n) is 4.19. The van der Waals surface area contributed by atoms with Gasteiger partial charge < -0.3 is 54.0 Å². The average Bonchev–Trinajstić information content (AvgIpc) is 2.98. The topological polar surface area (TPSA) is 249 Å². The highest BCUT2D eigenvalue weighted by molar-refractivity contribution is 5.89. The fourth-order valence-corrected chi connectivity index (χ4v) is 4.19. The summed E-state index contributed by atoms with van der Waals surface area (Å²) in [6.45, 7) is 1.01. The van der Waals surface area contributed by atoms with Crippen LogP contribution < -0.4 is 39.3 Å².